The molecular formula is C16H20N+. The lowest BCUT2D eigenvalue weighted by molar-refractivity contribution is -0.584. The van der Waals surface area contributed by atoms with Crippen molar-refractivity contribution in [2.24, 2.45) is 23.7 Å². The minimum absolute atomic E-state index is 1.00. The Hall–Kier alpha value is -1.11. The van der Waals surface area contributed by atoms with Gasteiger partial charge in [0.1, 0.15) is 0 Å². The summed E-state index contributed by atoms with van der Waals surface area (Å²) < 4.78 is 2.32. The van der Waals surface area contributed by atoms with Crippen LogP contribution in [0.2, 0.25) is 0 Å². The second-order valence-electron chi connectivity index (χ2n) is 6.08. The summed E-state index contributed by atoms with van der Waals surface area (Å²) in [4.78, 5) is 0. The smallest absolute Gasteiger partial charge is 0.171 e. The third kappa shape index (κ3) is 1.48. The van der Waals surface area contributed by atoms with Crippen LogP contribution in [0.15, 0.2) is 36.7 Å². The van der Waals surface area contributed by atoms with Crippen LogP contribution in [0.4, 0.5) is 0 Å². The van der Waals surface area contributed by atoms with E-state index in [2.05, 4.69) is 41.2 Å². The lowest BCUT2D eigenvalue weighted by atomic mass is 9.72. The van der Waals surface area contributed by atoms with Crippen molar-refractivity contribution >= 4 is 5.70 Å². The molecule has 0 amide bonds. The minimum Gasteiger partial charge on any atom is -0.171 e. The molecule has 2 bridgehead atoms. The van der Waals surface area contributed by atoms with Crippen molar-refractivity contribution in [2.75, 3.05) is 0 Å². The van der Waals surface area contributed by atoms with Gasteiger partial charge in [0, 0.05) is 18.6 Å². The molecule has 3 aliphatic rings. The number of fused-ring (bicyclic) bond motifs is 5. The topological polar surface area (TPSA) is 3.88 Å². The zero-order valence-corrected chi connectivity index (χ0v) is 10.3. The summed E-state index contributed by atoms with van der Waals surface area (Å²) >= 11 is 0. The average molecular weight is 226 g/mol. The van der Waals surface area contributed by atoms with E-state index in [9.17, 15) is 0 Å². The van der Waals surface area contributed by atoms with Gasteiger partial charge in [0.25, 0.3) is 0 Å². The van der Waals surface area contributed by atoms with E-state index in [-0.39, 0.29) is 0 Å². The number of allylic oxidation sites excluding steroid dienone is 2. The first-order valence-electron chi connectivity index (χ1n) is 7.07. The molecule has 0 N–H and O–H groups in total. The average Bonchev–Trinajstić information content (AvgIpc) is 3.01. The lowest BCUT2D eigenvalue weighted by Crippen LogP contribution is -2.36. The molecule has 0 radical (unpaired) electrons. The van der Waals surface area contributed by atoms with Gasteiger partial charge in [-0.25, -0.2) is 0 Å². The van der Waals surface area contributed by atoms with E-state index in [1.54, 1.807) is 5.70 Å². The first kappa shape index (κ1) is 9.87. The van der Waals surface area contributed by atoms with Crippen LogP contribution < -0.4 is 4.57 Å². The molecule has 2 unspecified atom stereocenters. The SMILES string of the molecule is C1=C([n+]2ccccc2)CC2C(C1)[C@H]1CC[C@@H]2C1. The molecule has 1 heterocycles. The molecule has 17 heavy (non-hydrogen) atoms. The van der Waals surface area contributed by atoms with Gasteiger partial charge in [0.2, 0.25) is 0 Å². The molecule has 1 aromatic rings. The normalized spacial score (nSPS) is 38.9. The van der Waals surface area contributed by atoms with E-state index in [0.29, 0.717) is 0 Å². The van der Waals surface area contributed by atoms with Gasteiger partial charge < -0.3 is 0 Å². The van der Waals surface area contributed by atoms with Gasteiger partial charge in [-0.05, 0) is 55.4 Å². The first-order valence-corrected chi connectivity index (χ1v) is 7.07. The largest absolute Gasteiger partial charge is 0.183 e. The molecule has 2 saturated carbocycles. The van der Waals surface area contributed by atoms with E-state index in [0.717, 1.165) is 23.7 Å². The Labute approximate surface area is 103 Å². The number of hydrogen-bond donors (Lipinski definition) is 0. The van der Waals surface area contributed by atoms with Gasteiger partial charge in [-0.1, -0.05) is 6.07 Å². The van der Waals surface area contributed by atoms with Crippen molar-refractivity contribution in [1.29, 1.82) is 0 Å². The molecule has 3 aliphatic carbocycles. The molecule has 2 fully saturated rings. The summed E-state index contributed by atoms with van der Waals surface area (Å²) in [7, 11) is 0. The van der Waals surface area contributed by atoms with E-state index >= 15 is 0 Å². The molecule has 0 saturated heterocycles. The van der Waals surface area contributed by atoms with Crippen LogP contribution in [-0.4, -0.2) is 0 Å². The fourth-order valence-electron chi connectivity index (χ4n) is 4.61. The molecule has 0 aliphatic heterocycles. The molecule has 1 heteroatoms. The van der Waals surface area contributed by atoms with Crippen LogP contribution in [0.5, 0.6) is 0 Å². The standard InChI is InChI=1S/C16H20N/c1-2-8-17(9-3-1)14-6-7-15-12-4-5-13(10-12)16(15)11-14/h1-3,6,8-9,12-13,15-16H,4-5,7,10-11H2/q+1/t12-,13+,15?,16?/m0/s1. The van der Waals surface area contributed by atoms with Crippen molar-refractivity contribution in [3.05, 3.63) is 36.7 Å². The summed E-state index contributed by atoms with van der Waals surface area (Å²) in [6, 6.07) is 6.36. The Kier molecular flexibility index (Phi) is 2.14. The molecule has 4 atom stereocenters. The Morgan fingerprint density at radius 1 is 0.941 bits per heavy atom. The quantitative estimate of drug-likeness (QED) is 0.647. The number of hydrogen-bond acceptors (Lipinski definition) is 0. The van der Waals surface area contributed by atoms with Gasteiger partial charge >= 0.3 is 0 Å². The molecule has 1 aromatic heterocycles. The van der Waals surface area contributed by atoms with Crippen LogP contribution in [-0.2, 0) is 0 Å². The zero-order valence-electron chi connectivity index (χ0n) is 10.3. The van der Waals surface area contributed by atoms with E-state index in [1.807, 2.05) is 0 Å². The molecular weight excluding hydrogens is 206 g/mol. The highest BCUT2D eigenvalue weighted by Crippen LogP contribution is 2.57. The second-order valence-corrected chi connectivity index (χ2v) is 6.08. The predicted octanol–water partition coefficient (Wildman–Crippen LogP) is 3.27. The van der Waals surface area contributed by atoms with Crippen molar-refractivity contribution in [3.8, 4) is 0 Å². The van der Waals surface area contributed by atoms with Crippen molar-refractivity contribution in [1.82, 2.24) is 0 Å². The molecule has 4 rings (SSSR count). The first-order chi connectivity index (χ1) is 8.42. The number of aromatic nitrogens is 1. The Balaban J connectivity index is 1.63. The van der Waals surface area contributed by atoms with Gasteiger partial charge in [0.15, 0.2) is 18.1 Å². The number of rotatable bonds is 1. The van der Waals surface area contributed by atoms with Gasteiger partial charge in [-0.2, -0.15) is 4.57 Å². The Bertz CT molecular complexity index is 448. The van der Waals surface area contributed by atoms with Crippen LogP contribution in [0.1, 0.15) is 32.1 Å². The molecule has 0 aromatic carbocycles. The Morgan fingerprint density at radius 2 is 1.71 bits per heavy atom. The highest BCUT2D eigenvalue weighted by atomic mass is 14.9. The summed E-state index contributed by atoms with van der Waals surface area (Å²) in [6.45, 7) is 0. The Morgan fingerprint density at radius 3 is 2.53 bits per heavy atom. The maximum Gasteiger partial charge on any atom is 0.183 e. The highest BCUT2D eigenvalue weighted by Gasteiger charge is 2.49. The predicted molar refractivity (Wildman–Crippen MR) is 68.0 cm³/mol. The summed E-state index contributed by atoms with van der Waals surface area (Å²) in [5, 5.41) is 0. The van der Waals surface area contributed by atoms with E-state index < -0.39 is 0 Å². The van der Waals surface area contributed by atoms with Gasteiger partial charge in [-0.15, -0.1) is 0 Å². The number of pyridine rings is 1. The van der Waals surface area contributed by atoms with Crippen molar-refractivity contribution in [3.63, 3.8) is 0 Å². The monoisotopic (exact) mass is 226 g/mol. The molecule has 0 spiro atoms. The van der Waals surface area contributed by atoms with Crippen molar-refractivity contribution < 1.29 is 4.57 Å². The molecule has 88 valence electrons. The minimum atomic E-state index is 1.00. The van der Waals surface area contributed by atoms with Crippen LogP contribution in [0.3, 0.4) is 0 Å². The maximum atomic E-state index is 2.50. The third-order valence-corrected chi connectivity index (χ3v) is 5.39. The third-order valence-electron chi connectivity index (χ3n) is 5.39. The summed E-state index contributed by atoms with van der Waals surface area (Å²) in [6.07, 6.45) is 14.1. The number of nitrogens with zero attached hydrogens (tertiary/aromatic N) is 1. The molecule has 1 nitrogen and oxygen atoms in total. The fourth-order valence-corrected chi connectivity index (χ4v) is 4.61. The highest BCUT2D eigenvalue weighted by molar-refractivity contribution is 5.36. The van der Waals surface area contributed by atoms with Crippen LogP contribution in [0, 0.1) is 23.7 Å². The van der Waals surface area contributed by atoms with E-state index in [4.69, 9.17) is 0 Å². The van der Waals surface area contributed by atoms with E-state index in [1.165, 1.54) is 32.1 Å². The van der Waals surface area contributed by atoms with Crippen LogP contribution in [0.25, 0.3) is 5.70 Å². The zero-order chi connectivity index (χ0) is 11.2. The van der Waals surface area contributed by atoms with Crippen molar-refractivity contribution in [2.45, 2.75) is 32.1 Å². The van der Waals surface area contributed by atoms with Gasteiger partial charge in [-0.3, -0.25) is 0 Å². The van der Waals surface area contributed by atoms with Gasteiger partial charge in [0.05, 0.1) is 0 Å². The summed E-state index contributed by atoms with van der Waals surface area (Å²) in [5.74, 6) is 4.16. The lowest BCUT2D eigenvalue weighted by Gasteiger charge is -2.32. The second kappa shape index (κ2) is 3.69. The maximum absolute atomic E-state index is 2.50. The fraction of sp³-hybridized carbons (Fsp3) is 0.562. The summed E-state index contributed by atoms with van der Waals surface area (Å²) in [5.41, 5.74) is 1.54. The van der Waals surface area contributed by atoms with Crippen LogP contribution >= 0.6 is 0 Å².